The fourth-order valence-electron chi connectivity index (χ4n) is 1.00. The molecule has 14 heavy (non-hydrogen) atoms. The second-order valence-electron chi connectivity index (χ2n) is 5.47. The van der Waals surface area contributed by atoms with Gasteiger partial charge in [-0.05, 0) is 26.2 Å². The summed E-state index contributed by atoms with van der Waals surface area (Å²) in [6.45, 7) is 12.2. The van der Waals surface area contributed by atoms with Crippen LogP contribution >= 0.6 is 0 Å². The number of hydrogen-bond acceptors (Lipinski definition) is 2. The van der Waals surface area contributed by atoms with Crippen molar-refractivity contribution in [2.75, 3.05) is 6.61 Å². The lowest BCUT2D eigenvalue weighted by atomic mass is 9.96. The van der Waals surface area contributed by atoms with Gasteiger partial charge in [0.1, 0.15) is 0 Å². The minimum Gasteiger partial charge on any atom is -0.393 e. The van der Waals surface area contributed by atoms with Gasteiger partial charge >= 0.3 is 0 Å². The Hall–Kier alpha value is -0.340. The Morgan fingerprint density at radius 3 is 2.07 bits per heavy atom. The first-order valence-electron chi connectivity index (χ1n) is 5.14. The van der Waals surface area contributed by atoms with Crippen molar-refractivity contribution in [3.8, 4) is 0 Å². The van der Waals surface area contributed by atoms with Crippen LogP contribution in [-0.4, -0.2) is 23.4 Å². The van der Waals surface area contributed by atoms with E-state index in [0.29, 0.717) is 0 Å². The summed E-state index contributed by atoms with van der Waals surface area (Å²) in [5.41, 5.74) is -0.275. The van der Waals surface area contributed by atoms with Gasteiger partial charge < -0.3 is 9.84 Å². The first-order valence-corrected chi connectivity index (χ1v) is 5.14. The third kappa shape index (κ3) is 7.10. The molecule has 2 nitrogen and oxygen atoms in total. The summed E-state index contributed by atoms with van der Waals surface area (Å²) < 4.78 is 5.65. The lowest BCUT2D eigenvalue weighted by molar-refractivity contribution is -0.0746. The predicted molar refractivity (Wildman–Crippen MR) is 60.3 cm³/mol. The predicted octanol–water partition coefficient (Wildman–Crippen LogP) is 2.76. The molecule has 0 aliphatic heterocycles. The zero-order valence-electron chi connectivity index (χ0n) is 10.3. The number of aliphatic hydroxyl groups excluding tert-OH is 1. The van der Waals surface area contributed by atoms with Gasteiger partial charge in [0.2, 0.25) is 0 Å². The molecule has 0 saturated carbocycles. The Balaban J connectivity index is 4.11. The van der Waals surface area contributed by atoms with E-state index in [1.165, 1.54) is 0 Å². The van der Waals surface area contributed by atoms with Crippen molar-refractivity contribution < 1.29 is 9.84 Å². The van der Waals surface area contributed by atoms with Gasteiger partial charge in [0.25, 0.3) is 0 Å². The maximum absolute atomic E-state index is 9.02. The van der Waals surface area contributed by atoms with E-state index in [1.54, 1.807) is 0 Å². The van der Waals surface area contributed by atoms with Gasteiger partial charge in [-0.3, -0.25) is 0 Å². The van der Waals surface area contributed by atoms with Crippen molar-refractivity contribution in [3.63, 3.8) is 0 Å². The van der Waals surface area contributed by atoms with Crippen LogP contribution in [-0.2, 0) is 4.74 Å². The number of hydrogen-bond donors (Lipinski definition) is 1. The van der Waals surface area contributed by atoms with Crippen molar-refractivity contribution in [3.05, 3.63) is 12.2 Å². The Bertz CT molecular complexity index is 187. The van der Waals surface area contributed by atoms with Crippen molar-refractivity contribution in [2.45, 2.75) is 53.2 Å². The standard InChI is InChI=1S/C12H24O2/c1-10(7-8-11(2,3)4)14-12(5,6)9-13/h7-8,10,13H,9H2,1-6H3. The largest absolute Gasteiger partial charge is 0.393 e. The number of allylic oxidation sites excluding steroid dienone is 1. The normalized spacial score (nSPS) is 16.2. The van der Waals surface area contributed by atoms with E-state index >= 15 is 0 Å². The molecule has 0 heterocycles. The van der Waals surface area contributed by atoms with Gasteiger partial charge in [0, 0.05) is 0 Å². The molecular formula is C12H24O2. The highest BCUT2D eigenvalue weighted by Crippen LogP contribution is 2.17. The second kappa shape index (κ2) is 4.94. The molecule has 0 rings (SSSR count). The molecule has 1 atom stereocenters. The average Bonchev–Trinajstić information content (AvgIpc) is 1.99. The lowest BCUT2D eigenvalue weighted by Gasteiger charge is -2.26. The molecule has 0 saturated heterocycles. The van der Waals surface area contributed by atoms with Gasteiger partial charge in [0.05, 0.1) is 18.3 Å². The fourth-order valence-corrected chi connectivity index (χ4v) is 1.00. The van der Waals surface area contributed by atoms with Crippen molar-refractivity contribution in [1.29, 1.82) is 0 Å². The van der Waals surface area contributed by atoms with Crippen LogP contribution in [0.5, 0.6) is 0 Å². The monoisotopic (exact) mass is 200 g/mol. The Morgan fingerprint density at radius 1 is 1.21 bits per heavy atom. The first-order chi connectivity index (χ1) is 6.16. The second-order valence-corrected chi connectivity index (χ2v) is 5.47. The molecule has 0 bridgehead atoms. The minimum atomic E-state index is -0.457. The smallest absolute Gasteiger partial charge is 0.0864 e. The molecule has 0 spiro atoms. The van der Waals surface area contributed by atoms with E-state index in [-0.39, 0.29) is 18.1 Å². The number of ether oxygens (including phenoxy) is 1. The molecule has 1 unspecified atom stereocenters. The van der Waals surface area contributed by atoms with E-state index in [2.05, 4.69) is 26.8 Å². The summed E-state index contributed by atoms with van der Waals surface area (Å²) in [6.07, 6.45) is 4.21. The zero-order chi connectivity index (χ0) is 11.4. The molecular weight excluding hydrogens is 176 g/mol. The highest BCUT2D eigenvalue weighted by atomic mass is 16.5. The molecule has 0 amide bonds. The molecule has 0 fully saturated rings. The maximum Gasteiger partial charge on any atom is 0.0864 e. The maximum atomic E-state index is 9.02. The van der Waals surface area contributed by atoms with E-state index in [1.807, 2.05) is 26.8 Å². The van der Waals surface area contributed by atoms with Gasteiger partial charge in [-0.1, -0.05) is 32.9 Å². The van der Waals surface area contributed by atoms with Gasteiger partial charge in [-0.15, -0.1) is 0 Å². The molecule has 1 N–H and O–H groups in total. The molecule has 0 radical (unpaired) electrons. The highest BCUT2D eigenvalue weighted by Gasteiger charge is 2.19. The minimum absolute atomic E-state index is 0.0383. The summed E-state index contributed by atoms with van der Waals surface area (Å²) >= 11 is 0. The van der Waals surface area contributed by atoms with Crippen LogP contribution in [0, 0.1) is 5.41 Å². The molecule has 84 valence electrons. The molecule has 0 aromatic rings. The SMILES string of the molecule is CC(C=CC(C)(C)C)OC(C)(C)CO. The summed E-state index contributed by atoms with van der Waals surface area (Å²) in [5, 5.41) is 9.02. The molecule has 0 aliphatic rings. The lowest BCUT2D eigenvalue weighted by Crippen LogP contribution is -2.32. The quantitative estimate of drug-likeness (QED) is 0.707. The van der Waals surface area contributed by atoms with E-state index in [4.69, 9.17) is 9.84 Å². The Labute approximate surface area is 88.0 Å². The summed E-state index contributed by atoms with van der Waals surface area (Å²) in [6, 6.07) is 0. The van der Waals surface area contributed by atoms with Crippen LogP contribution in [0.2, 0.25) is 0 Å². The molecule has 0 aliphatic carbocycles. The average molecular weight is 200 g/mol. The van der Waals surface area contributed by atoms with Crippen LogP contribution in [0.15, 0.2) is 12.2 Å². The van der Waals surface area contributed by atoms with Crippen LogP contribution in [0.1, 0.15) is 41.5 Å². The number of aliphatic hydroxyl groups is 1. The Morgan fingerprint density at radius 2 is 1.71 bits per heavy atom. The topological polar surface area (TPSA) is 29.5 Å². The van der Waals surface area contributed by atoms with Crippen LogP contribution in [0.25, 0.3) is 0 Å². The van der Waals surface area contributed by atoms with Crippen LogP contribution in [0.3, 0.4) is 0 Å². The first kappa shape index (κ1) is 13.7. The summed E-state index contributed by atoms with van der Waals surface area (Å²) in [4.78, 5) is 0. The van der Waals surface area contributed by atoms with E-state index in [9.17, 15) is 0 Å². The molecule has 0 aromatic heterocycles. The van der Waals surface area contributed by atoms with Crippen molar-refractivity contribution in [1.82, 2.24) is 0 Å². The molecule has 2 heteroatoms. The fraction of sp³-hybridized carbons (Fsp3) is 0.833. The Kier molecular flexibility index (Phi) is 4.82. The van der Waals surface area contributed by atoms with Gasteiger partial charge in [0.15, 0.2) is 0 Å². The molecule has 0 aromatic carbocycles. The summed E-state index contributed by atoms with van der Waals surface area (Å²) in [7, 11) is 0. The van der Waals surface area contributed by atoms with E-state index < -0.39 is 5.60 Å². The number of rotatable bonds is 4. The van der Waals surface area contributed by atoms with Gasteiger partial charge in [-0.2, -0.15) is 0 Å². The van der Waals surface area contributed by atoms with Crippen LogP contribution < -0.4 is 0 Å². The zero-order valence-corrected chi connectivity index (χ0v) is 10.3. The third-order valence-corrected chi connectivity index (χ3v) is 1.75. The van der Waals surface area contributed by atoms with E-state index in [0.717, 1.165) is 0 Å². The van der Waals surface area contributed by atoms with Gasteiger partial charge in [-0.25, -0.2) is 0 Å². The highest BCUT2D eigenvalue weighted by molar-refractivity contribution is 4.96. The van der Waals surface area contributed by atoms with Crippen molar-refractivity contribution in [2.24, 2.45) is 5.41 Å². The summed E-state index contributed by atoms with van der Waals surface area (Å²) in [5.74, 6) is 0. The third-order valence-electron chi connectivity index (χ3n) is 1.75. The van der Waals surface area contributed by atoms with Crippen molar-refractivity contribution >= 4 is 0 Å². The van der Waals surface area contributed by atoms with Crippen LogP contribution in [0.4, 0.5) is 0 Å².